The number of imidazole rings is 1. The van der Waals surface area contributed by atoms with Gasteiger partial charge in [-0.2, -0.15) is 13.2 Å². The number of hydrogen-bond donors (Lipinski definition) is 2. The highest BCUT2D eigenvalue weighted by Crippen LogP contribution is 2.46. The Hall–Kier alpha value is -4.37. The summed E-state index contributed by atoms with van der Waals surface area (Å²) < 4.78 is 47.9. The van der Waals surface area contributed by atoms with E-state index in [1.54, 1.807) is 25.6 Å². The number of methoxy groups -OCH3 is 1. The van der Waals surface area contributed by atoms with Gasteiger partial charge in [-0.25, -0.2) is 19.9 Å². The second-order valence-electron chi connectivity index (χ2n) is 13.8. The smallest absolute Gasteiger partial charge is 0.418 e. The number of carboxylic acid groups (broad SMARTS) is 1. The van der Waals surface area contributed by atoms with Crippen molar-refractivity contribution >= 4 is 28.6 Å². The van der Waals surface area contributed by atoms with Crippen LogP contribution in [0.3, 0.4) is 0 Å². The zero-order valence-electron chi connectivity index (χ0n) is 28.2. The fourth-order valence-corrected chi connectivity index (χ4v) is 6.49. The number of pyridine rings is 2. The number of carbonyl (C=O) groups is 1. The van der Waals surface area contributed by atoms with Gasteiger partial charge in [0.2, 0.25) is 0 Å². The molecule has 1 aliphatic heterocycles. The zero-order chi connectivity index (χ0) is 34.9. The fraction of sp³-hybridized carbons (Fsp3) is 0.529. The van der Waals surface area contributed by atoms with Crippen LogP contribution in [0.15, 0.2) is 30.7 Å². The van der Waals surface area contributed by atoms with Crippen LogP contribution in [0.1, 0.15) is 56.7 Å². The SMILES string of the molecule is COCC(C)(C)CN(C)c1cc(-c2cnc(C3CC3)c(C(F)(F)F)c2)nc2nc(-c3cnc(N4CCN(CCCC(=O)O)CC4)cn3)[nH]c12. The number of nitrogens with one attached hydrogen (secondary N) is 1. The summed E-state index contributed by atoms with van der Waals surface area (Å²) >= 11 is 0. The van der Waals surface area contributed by atoms with Gasteiger partial charge in [0.15, 0.2) is 11.5 Å². The highest BCUT2D eigenvalue weighted by molar-refractivity contribution is 5.91. The normalized spacial score (nSPS) is 16.0. The standard InChI is InChI=1S/C34H42F3N9O3/c1-33(2,20-49-4)19-44(3)26-15-24(22-14-23(34(35,36)37)29(40-16-22)21-7-8-21)41-32-30(26)42-31(43-32)25-17-39-27(18-38-25)46-12-10-45(11-13-46)9-5-6-28(47)48/h14-18,21H,5-13,19-20H2,1-4H3,(H,47,48)(H,41,42,43). The first-order valence-corrected chi connectivity index (χ1v) is 16.5. The molecular weight excluding hydrogens is 639 g/mol. The summed E-state index contributed by atoms with van der Waals surface area (Å²) in [6.45, 7) is 9.12. The van der Waals surface area contributed by atoms with Gasteiger partial charge in [0.1, 0.15) is 17.0 Å². The van der Waals surface area contributed by atoms with Crippen LogP contribution in [-0.4, -0.2) is 106 Å². The number of carboxylic acids is 1. The minimum absolute atomic E-state index is 0.0951. The highest BCUT2D eigenvalue weighted by Gasteiger charge is 2.39. The van der Waals surface area contributed by atoms with Crippen molar-refractivity contribution in [1.29, 1.82) is 0 Å². The van der Waals surface area contributed by atoms with E-state index in [-0.39, 0.29) is 29.0 Å². The number of aliphatic carboxylic acids is 1. The van der Waals surface area contributed by atoms with E-state index in [2.05, 4.69) is 43.6 Å². The molecule has 262 valence electrons. The first kappa shape index (κ1) is 34.5. The van der Waals surface area contributed by atoms with Crippen molar-refractivity contribution in [2.24, 2.45) is 5.41 Å². The molecule has 0 amide bonds. The van der Waals surface area contributed by atoms with Gasteiger partial charge in [0.25, 0.3) is 0 Å². The maximum Gasteiger partial charge on any atom is 0.418 e. The Labute approximate surface area is 282 Å². The van der Waals surface area contributed by atoms with E-state index in [0.29, 0.717) is 66.5 Å². The molecule has 1 aliphatic carbocycles. The van der Waals surface area contributed by atoms with Crippen molar-refractivity contribution in [1.82, 2.24) is 34.8 Å². The van der Waals surface area contributed by atoms with Crippen molar-refractivity contribution in [3.63, 3.8) is 0 Å². The number of H-pyrrole nitrogens is 1. The molecule has 0 aromatic carbocycles. The maximum atomic E-state index is 14.1. The summed E-state index contributed by atoms with van der Waals surface area (Å²) in [5.74, 6) is 0.228. The summed E-state index contributed by atoms with van der Waals surface area (Å²) in [5.41, 5.74) is 1.92. The van der Waals surface area contributed by atoms with Gasteiger partial charge >= 0.3 is 12.1 Å². The topological polar surface area (TPSA) is 136 Å². The molecule has 0 bridgehead atoms. The van der Waals surface area contributed by atoms with E-state index < -0.39 is 17.7 Å². The Morgan fingerprint density at radius 2 is 1.80 bits per heavy atom. The fourth-order valence-electron chi connectivity index (χ4n) is 6.49. The van der Waals surface area contributed by atoms with Crippen molar-refractivity contribution in [3.05, 3.63) is 42.0 Å². The van der Waals surface area contributed by atoms with Crippen LogP contribution >= 0.6 is 0 Å². The summed E-state index contributed by atoms with van der Waals surface area (Å²) in [7, 11) is 3.58. The molecule has 49 heavy (non-hydrogen) atoms. The number of rotatable bonds is 13. The number of aromatic amines is 1. The van der Waals surface area contributed by atoms with Crippen LogP contribution in [0.5, 0.6) is 0 Å². The van der Waals surface area contributed by atoms with Crippen LogP contribution in [0.4, 0.5) is 24.7 Å². The van der Waals surface area contributed by atoms with Gasteiger partial charge in [-0.1, -0.05) is 13.8 Å². The Kier molecular flexibility index (Phi) is 9.76. The molecule has 4 aromatic rings. The van der Waals surface area contributed by atoms with Crippen molar-refractivity contribution in [2.45, 2.75) is 51.6 Å². The first-order chi connectivity index (χ1) is 23.3. The number of alkyl halides is 3. The highest BCUT2D eigenvalue weighted by atomic mass is 19.4. The van der Waals surface area contributed by atoms with Crippen molar-refractivity contribution in [2.75, 3.05) is 69.8 Å². The Bertz CT molecular complexity index is 1780. The summed E-state index contributed by atoms with van der Waals surface area (Å²) in [6.07, 6.45) is 2.49. The van der Waals surface area contributed by atoms with Crippen LogP contribution < -0.4 is 9.80 Å². The molecule has 2 N–H and O–H groups in total. The molecule has 15 heteroatoms. The number of fused-ring (bicyclic) bond motifs is 1. The molecular formula is C34H42F3N9O3. The average molecular weight is 682 g/mol. The van der Waals surface area contributed by atoms with E-state index >= 15 is 0 Å². The molecule has 5 heterocycles. The predicted molar refractivity (Wildman–Crippen MR) is 180 cm³/mol. The van der Waals surface area contributed by atoms with E-state index in [1.807, 2.05) is 11.9 Å². The molecule has 0 radical (unpaired) electrons. The molecule has 6 rings (SSSR count). The molecule has 12 nitrogen and oxygen atoms in total. The Balaban J connectivity index is 1.29. The van der Waals surface area contributed by atoms with E-state index in [4.69, 9.17) is 19.8 Å². The molecule has 2 aliphatic rings. The van der Waals surface area contributed by atoms with Gasteiger partial charge in [-0.05, 0) is 37.9 Å². The third-order valence-corrected chi connectivity index (χ3v) is 8.98. The number of piperazine rings is 1. The van der Waals surface area contributed by atoms with Crippen LogP contribution in [0, 0.1) is 5.41 Å². The van der Waals surface area contributed by atoms with Gasteiger partial charge in [0, 0.05) is 76.4 Å². The number of anilines is 2. The third kappa shape index (κ3) is 8.10. The minimum Gasteiger partial charge on any atom is -0.481 e. The number of halogens is 3. The van der Waals surface area contributed by atoms with Crippen molar-refractivity contribution in [3.8, 4) is 22.8 Å². The minimum atomic E-state index is -4.53. The van der Waals surface area contributed by atoms with Crippen LogP contribution in [0.2, 0.25) is 0 Å². The lowest BCUT2D eigenvalue weighted by molar-refractivity contribution is -0.139. The number of hydrogen-bond acceptors (Lipinski definition) is 10. The van der Waals surface area contributed by atoms with Gasteiger partial charge in [0.05, 0.1) is 41.6 Å². The number of aromatic nitrogens is 6. The quantitative estimate of drug-likeness (QED) is 0.186. The molecule has 1 saturated heterocycles. The maximum absolute atomic E-state index is 14.1. The molecule has 1 saturated carbocycles. The van der Waals surface area contributed by atoms with E-state index in [9.17, 15) is 18.0 Å². The van der Waals surface area contributed by atoms with Gasteiger partial charge in [-0.15, -0.1) is 0 Å². The lowest BCUT2D eigenvalue weighted by atomic mass is 9.94. The van der Waals surface area contributed by atoms with E-state index in [1.165, 1.54) is 6.20 Å². The van der Waals surface area contributed by atoms with Crippen molar-refractivity contribution < 1.29 is 27.8 Å². The molecule has 0 unspecified atom stereocenters. The molecule has 2 fully saturated rings. The zero-order valence-corrected chi connectivity index (χ0v) is 28.2. The van der Waals surface area contributed by atoms with Gasteiger partial charge in [-0.3, -0.25) is 14.7 Å². The van der Waals surface area contributed by atoms with E-state index in [0.717, 1.165) is 44.6 Å². The number of nitrogens with zero attached hydrogens (tertiary/aromatic N) is 8. The first-order valence-electron chi connectivity index (χ1n) is 16.5. The van der Waals surface area contributed by atoms with Crippen LogP contribution in [-0.2, 0) is 15.7 Å². The summed E-state index contributed by atoms with van der Waals surface area (Å²) in [6, 6.07) is 2.93. The lowest BCUT2D eigenvalue weighted by Gasteiger charge is -2.35. The molecule has 0 spiro atoms. The third-order valence-electron chi connectivity index (χ3n) is 8.98. The summed E-state index contributed by atoms with van der Waals surface area (Å²) in [5, 5.41) is 8.90. The predicted octanol–water partition coefficient (Wildman–Crippen LogP) is 5.47. The second-order valence-corrected chi connectivity index (χ2v) is 13.8. The Morgan fingerprint density at radius 3 is 2.43 bits per heavy atom. The van der Waals surface area contributed by atoms with Gasteiger partial charge < -0.3 is 24.6 Å². The number of ether oxygens (including phenoxy) is 1. The second kappa shape index (κ2) is 13.9. The monoisotopic (exact) mass is 681 g/mol. The molecule has 0 atom stereocenters. The average Bonchev–Trinajstić information content (AvgIpc) is 3.81. The lowest BCUT2D eigenvalue weighted by Crippen LogP contribution is -2.47. The summed E-state index contributed by atoms with van der Waals surface area (Å²) in [4.78, 5) is 43.6. The van der Waals surface area contributed by atoms with Crippen LogP contribution in [0.25, 0.3) is 33.9 Å². The largest absolute Gasteiger partial charge is 0.481 e. The molecule has 4 aromatic heterocycles. The Morgan fingerprint density at radius 1 is 1.04 bits per heavy atom.